The van der Waals surface area contributed by atoms with Gasteiger partial charge in [-0.25, -0.2) is 4.98 Å². The molecule has 8 heteroatoms. The van der Waals surface area contributed by atoms with E-state index in [4.69, 9.17) is 16.2 Å². The summed E-state index contributed by atoms with van der Waals surface area (Å²) in [5.74, 6) is 0.0293. The van der Waals surface area contributed by atoms with E-state index >= 15 is 0 Å². The number of rotatable bonds is 11. The molecule has 3 rings (SSSR count). The second-order valence-corrected chi connectivity index (χ2v) is 9.25. The van der Waals surface area contributed by atoms with Gasteiger partial charge in [-0.1, -0.05) is 56.3 Å². The smallest absolute Gasteiger partial charge is 0.271 e. The molecule has 174 valence electrons. The van der Waals surface area contributed by atoms with E-state index in [0.29, 0.717) is 24.5 Å². The molecular formula is C25H30N4O3S. The molecule has 3 aromatic rings. The number of carbonyl (C=O) groups is 2. The minimum Gasteiger partial charge on any atom is -0.489 e. The van der Waals surface area contributed by atoms with Crippen molar-refractivity contribution in [3.05, 3.63) is 81.8 Å². The first kappa shape index (κ1) is 24.4. The number of nitrogens with two attached hydrogens (primary N) is 2. The highest BCUT2D eigenvalue weighted by Crippen LogP contribution is 2.22. The van der Waals surface area contributed by atoms with E-state index in [0.717, 1.165) is 16.9 Å². The van der Waals surface area contributed by atoms with Gasteiger partial charge in [0.25, 0.3) is 5.91 Å². The Morgan fingerprint density at radius 2 is 1.76 bits per heavy atom. The average Bonchev–Trinajstić information content (AvgIpc) is 3.29. The monoisotopic (exact) mass is 466 g/mol. The van der Waals surface area contributed by atoms with Crippen LogP contribution in [0.4, 0.5) is 0 Å². The Hall–Kier alpha value is -3.23. The SMILES string of the molecule is CC(C)CC(NC(=O)c1csc(C(N)Cc2ccc(OCc3ccccc3)cc2)n1)C(N)=O. The number of ether oxygens (including phenoxy) is 1. The number of amides is 2. The molecule has 5 N–H and O–H groups in total. The zero-order chi connectivity index (χ0) is 23.8. The van der Waals surface area contributed by atoms with Crippen LogP contribution >= 0.6 is 11.3 Å². The number of thiazole rings is 1. The van der Waals surface area contributed by atoms with Gasteiger partial charge in [-0.05, 0) is 42.0 Å². The summed E-state index contributed by atoms with van der Waals surface area (Å²) in [6, 6.07) is 16.7. The third-order valence-electron chi connectivity index (χ3n) is 5.05. The maximum Gasteiger partial charge on any atom is 0.271 e. The number of benzene rings is 2. The van der Waals surface area contributed by atoms with Gasteiger partial charge in [0.1, 0.15) is 29.1 Å². The molecule has 1 aromatic heterocycles. The van der Waals surface area contributed by atoms with Crippen molar-refractivity contribution in [1.29, 1.82) is 0 Å². The van der Waals surface area contributed by atoms with Gasteiger partial charge < -0.3 is 21.5 Å². The van der Waals surface area contributed by atoms with Crippen molar-refractivity contribution in [1.82, 2.24) is 10.3 Å². The van der Waals surface area contributed by atoms with Crippen molar-refractivity contribution in [3.63, 3.8) is 0 Å². The predicted octanol–water partition coefficient (Wildman–Crippen LogP) is 3.59. The van der Waals surface area contributed by atoms with Crippen LogP contribution < -0.4 is 21.5 Å². The van der Waals surface area contributed by atoms with Crippen LogP contribution in [0.15, 0.2) is 60.0 Å². The average molecular weight is 467 g/mol. The number of carbonyl (C=O) groups excluding carboxylic acids is 2. The van der Waals surface area contributed by atoms with E-state index in [1.54, 1.807) is 5.38 Å². The van der Waals surface area contributed by atoms with Crippen LogP contribution in [-0.2, 0) is 17.8 Å². The van der Waals surface area contributed by atoms with Crippen molar-refractivity contribution in [3.8, 4) is 5.75 Å². The molecule has 2 amide bonds. The first-order valence-corrected chi connectivity index (χ1v) is 11.8. The highest BCUT2D eigenvalue weighted by molar-refractivity contribution is 7.09. The van der Waals surface area contributed by atoms with Crippen LogP contribution in [0.2, 0.25) is 0 Å². The third kappa shape index (κ3) is 7.40. The highest BCUT2D eigenvalue weighted by Gasteiger charge is 2.22. The topological polar surface area (TPSA) is 120 Å². The van der Waals surface area contributed by atoms with Crippen molar-refractivity contribution in [2.24, 2.45) is 17.4 Å². The van der Waals surface area contributed by atoms with Gasteiger partial charge in [-0.15, -0.1) is 11.3 Å². The van der Waals surface area contributed by atoms with Crippen molar-refractivity contribution >= 4 is 23.2 Å². The van der Waals surface area contributed by atoms with E-state index in [2.05, 4.69) is 10.3 Å². The summed E-state index contributed by atoms with van der Waals surface area (Å²) in [6.45, 7) is 4.44. The van der Waals surface area contributed by atoms with Crippen LogP contribution in [0.5, 0.6) is 5.75 Å². The second-order valence-electron chi connectivity index (χ2n) is 8.36. The zero-order valence-corrected chi connectivity index (χ0v) is 19.7. The van der Waals surface area contributed by atoms with E-state index < -0.39 is 17.9 Å². The van der Waals surface area contributed by atoms with Crippen LogP contribution in [0.3, 0.4) is 0 Å². The highest BCUT2D eigenvalue weighted by atomic mass is 32.1. The first-order valence-electron chi connectivity index (χ1n) is 10.9. The molecule has 0 bridgehead atoms. The maximum absolute atomic E-state index is 12.5. The second kappa shape index (κ2) is 11.6. The van der Waals surface area contributed by atoms with Crippen molar-refractivity contribution < 1.29 is 14.3 Å². The molecule has 33 heavy (non-hydrogen) atoms. The molecule has 0 spiro atoms. The number of hydrogen-bond acceptors (Lipinski definition) is 6. The van der Waals surface area contributed by atoms with E-state index in [1.807, 2.05) is 68.4 Å². The molecule has 1 heterocycles. The van der Waals surface area contributed by atoms with Gasteiger partial charge in [0.05, 0.1) is 6.04 Å². The van der Waals surface area contributed by atoms with Gasteiger partial charge in [0.15, 0.2) is 0 Å². The molecule has 2 unspecified atom stereocenters. The molecular weight excluding hydrogens is 436 g/mol. The summed E-state index contributed by atoms with van der Waals surface area (Å²) in [7, 11) is 0. The maximum atomic E-state index is 12.5. The van der Waals surface area contributed by atoms with E-state index in [1.165, 1.54) is 11.3 Å². The molecule has 2 aromatic carbocycles. The lowest BCUT2D eigenvalue weighted by atomic mass is 10.0. The zero-order valence-electron chi connectivity index (χ0n) is 18.9. The number of primary amides is 1. The van der Waals surface area contributed by atoms with Crippen molar-refractivity contribution in [2.45, 2.75) is 45.4 Å². The molecule has 0 radical (unpaired) electrons. The molecule has 0 aliphatic heterocycles. The summed E-state index contributed by atoms with van der Waals surface area (Å²) in [6.07, 6.45) is 1.05. The van der Waals surface area contributed by atoms with Crippen LogP contribution in [-0.4, -0.2) is 22.8 Å². The number of nitrogens with zero attached hydrogens (tertiary/aromatic N) is 1. The first-order chi connectivity index (χ1) is 15.8. The summed E-state index contributed by atoms with van der Waals surface area (Å²) < 4.78 is 5.82. The fraction of sp³-hybridized carbons (Fsp3) is 0.320. The van der Waals surface area contributed by atoms with Crippen molar-refractivity contribution in [2.75, 3.05) is 0 Å². The number of aromatic nitrogens is 1. The van der Waals surface area contributed by atoms with E-state index in [9.17, 15) is 9.59 Å². The molecule has 2 atom stereocenters. The summed E-state index contributed by atoms with van der Waals surface area (Å²) in [5.41, 5.74) is 14.1. The largest absolute Gasteiger partial charge is 0.489 e. The van der Waals surface area contributed by atoms with Gasteiger partial charge >= 0.3 is 0 Å². The predicted molar refractivity (Wildman–Crippen MR) is 130 cm³/mol. The minimum atomic E-state index is -0.723. The Bertz CT molecular complexity index is 1050. The molecule has 7 nitrogen and oxygen atoms in total. The quantitative estimate of drug-likeness (QED) is 0.399. The third-order valence-corrected chi connectivity index (χ3v) is 6.03. The molecule has 0 fully saturated rings. The fourth-order valence-corrected chi connectivity index (χ4v) is 4.12. The number of hydrogen-bond donors (Lipinski definition) is 3. The normalized spacial score (nSPS) is 12.8. The molecule has 0 aliphatic rings. The summed E-state index contributed by atoms with van der Waals surface area (Å²) >= 11 is 1.33. The van der Waals surface area contributed by atoms with E-state index in [-0.39, 0.29) is 17.7 Å². The number of nitrogens with one attached hydrogen (secondary N) is 1. The summed E-state index contributed by atoms with van der Waals surface area (Å²) in [5, 5.41) is 4.98. The minimum absolute atomic E-state index is 0.220. The molecule has 0 saturated heterocycles. The van der Waals surface area contributed by atoms with Gasteiger partial charge in [-0.3, -0.25) is 9.59 Å². The Morgan fingerprint density at radius 1 is 1.06 bits per heavy atom. The standard InChI is InChI=1S/C25H30N4O3S/c1-16(2)12-21(23(27)30)28-24(31)22-15-33-25(29-22)20(26)13-17-8-10-19(11-9-17)32-14-18-6-4-3-5-7-18/h3-11,15-16,20-21H,12-14,26H2,1-2H3,(H2,27,30)(H,28,31). The Morgan fingerprint density at radius 3 is 2.39 bits per heavy atom. The Kier molecular flexibility index (Phi) is 8.57. The van der Waals surface area contributed by atoms with Crippen LogP contribution in [0.25, 0.3) is 0 Å². The molecule has 0 saturated carbocycles. The van der Waals surface area contributed by atoms with Crippen LogP contribution in [0, 0.1) is 5.92 Å². The van der Waals surface area contributed by atoms with Gasteiger partial charge in [0.2, 0.25) is 5.91 Å². The summed E-state index contributed by atoms with van der Waals surface area (Å²) in [4.78, 5) is 28.5. The fourth-order valence-electron chi connectivity index (χ4n) is 3.32. The molecule has 0 aliphatic carbocycles. The van der Waals surface area contributed by atoms with Gasteiger partial charge in [-0.2, -0.15) is 0 Å². The Labute approximate surface area is 198 Å². The Balaban J connectivity index is 1.55. The lowest BCUT2D eigenvalue weighted by Gasteiger charge is -2.16. The van der Waals surface area contributed by atoms with Gasteiger partial charge in [0, 0.05) is 5.38 Å². The lowest BCUT2D eigenvalue weighted by Crippen LogP contribution is -2.45. The lowest BCUT2D eigenvalue weighted by molar-refractivity contribution is -0.120. The van der Waals surface area contributed by atoms with Crippen LogP contribution in [0.1, 0.15) is 52.9 Å².